The van der Waals surface area contributed by atoms with Crippen molar-refractivity contribution >= 4 is 8.07 Å². The third kappa shape index (κ3) is 3.20. The standard InChI is InChI=1S/C18H28Si/c1-15(2)13-19(14-16(3)4,17-9-5-6-10-17)18-11-7-8-12-18/h5-9,11,15-16H,10,12-14H2,1-4H3. The molecule has 0 N–H and O–H groups in total. The van der Waals surface area contributed by atoms with Crippen molar-refractivity contribution in [3.8, 4) is 0 Å². The highest BCUT2D eigenvalue weighted by atomic mass is 28.3. The molecule has 2 aliphatic rings. The zero-order chi connectivity index (χ0) is 13.9. The van der Waals surface area contributed by atoms with Gasteiger partial charge in [-0.25, -0.2) is 0 Å². The van der Waals surface area contributed by atoms with Crippen molar-refractivity contribution in [2.75, 3.05) is 0 Å². The average molecular weight is 273 g/mol. The third-order valence-electron chi connectivity index (χ3n) is 4.29. The molecular weight excluding hydrogens is 244 g/mol. The van der Waals surface area contributed by atoms with Gasteiger partial charge in [-0.3, -0.25) is 0 Å². The van der Waals surface area contributed by atoms with Crippen LogP contribution in [0.25, 0.3) is 0 Å². The van der Waals surface area contributed by atoms with Gasteiger partial charge < -0.3 is 0 Å². The largest absolute Gasteiger partial charge is 0.110 e. The molecule has 1 heteroatoms. The van der Waals surface area contributed by atoms with Crippen LogP contribution in [0.15, 0.2) is 46.8 Å². The minimum Gasteiger partial charge on any atom is -0.0809 e. The second kappa shape index (κ2) is 6.09. The second-order valence-electron chi connectivity index (χ2n) is 6.93. The lowest BCUT2D eigenvalue weighted by Gasteiger charge is -2.38. The molecule has 0 heterocycles. The third-order valence-corrected chi connectivity index (χ3v) is 10.5. The Morgan fingerprint density at radius 2 is 1.26 bits per heavy atom. The molecule has 0 spiro atoms. The number of hydrogen-bond donors (Lipinski definition) is 0. The maximum absolute atomic E-state index is 2.44. The first kappa shape index (κ1) is 14.6. The lowest BCUT2D eigenvalue weighted by Crippen LogP contribution is -2.42. The fourth-order valence-corrected chi connectivity index (χ4v) is 10.1. The van der Waals surface area contributed by atoms with Crippen molar-refractivity contribution in [3.63, 3.8) is 0 Å². The van der Waals surface area contributed by atoms with Gasteiger partial charge in [-0.15, -0.1) is 0 Å². The predicted molar refractivity (Wildman–Crippen MR) is 88.7 cm³/mol. The Hall–Kier alpha value is -0.823. The molecule has 0 radical (unpaired) electrons. The minimum atomic E-state index is -1.46. The summed E-state index contributed by atoms with van der Waals surface area (Å²) in [5.74, 6) is 1.60. The zero-order valence-electron chi connectivity index (χ0n) is 12.9. The van der Waals surface area contributed by atoms with Crippen LogP contribution in [0.5, 0.6) is 0 Å². The highest BCUT2D eigenvalue weighted by Crippen LogP contribution is 2.42. The zero-order valence-corrected chi connectivity index (χ0v) is 13.9. The Morgan fingerprint density at radius 1 is 0.842 bits per heavy atom. The summed E-state index contributed by atoms with van der Waals surface area (Å²) in [5, 5.41) is 3.56. The first-order valence-electron chi connectivity index (χ1n) is 7.77. The Labute approximate surface area is 120 Å². The lowest BCUT2D eigenvalue weighted by atomic mass is 10.3. The summed E-state index contributed by atoms with van der Waals surface area (Å²) in [4.78, 5) is 0. The molecule has 0 aromatic rings. The van der Waals surface area contributed by atoms with Gasteiger partial charge in [0.2, 0.25) is 0 Å². The van der Waals surface area contributed by atoms with Gasteiger partial charge in [0.25, 0.3) is 0 Å². The van der Waals surface area contributed by atoms with E-state index in [1.807, 2.05) is 0 Å². The van der Waals surface area contributed by atoms with Crippen molar-refractivity contribution < 1.29 is 0 Å². The molecule has 19 heavy (non-hydrogen) atoms. The van der Waals surface area contributed by atoms with E-state index in [1.165, 1.54) is 24.9 Å². The van der Waals surface area contributed by atoms with Crippen LogP contribution in [0.1, 0.15) is 40.5 Å². The molecule has 0 amide bonds. The van der Waals surface area contributed by atoms with Crippen LogP contribution < -0.4 is 0 Å². The fraction of sp³-hybridized carbons (Fsp3) is 0.556. The van der Waals surface area contributed by atoms with Gasteiger partial charge >= 0.3 is 0 Å². The minimum absolute atomic E-state index is 0.799. The van der Waals surface area contributed by atoms with Crippen LogP contribution in [-0.4, -0.2) is 8.07 Å². The molecule has 0 atom stereocenters. The van der Waals surface area contributed by atoms with Gasteiger partial charge in [0.1, 0.15) is 8.07 Å². The van der Waals surface area contributed by atoms with Crippen LogP contribution >= 0.6 is 0 Å². The summed E-state index contributed by atoms with van der Waals surface area (Å²) in [6.45, 7) is 9.59. The molecule has 0 saturated carbocycles. The van der Waals surface area contributed by atoms with E-state index in [0.29, 0.717) is 0 Å². The highest BCUT2D eigenvalue weighted by Gasteiger charge is 2.41. The van der Waals surface area contributed by atoms with Crippen molar-refractivity contribution in [2.45, 2.75) is 52.6 Å². The normalized spacial score (nSPS) is 18.6. The molecule has 0 aromatic carbocycles. The molecule has 2 aliphatic carbocycles. The lowest BCUT2D eigenvalue weighted by molar-refractivity contribution is 0.680. The topological polar surface area (TPSA) is 0 Å². The number of allylic oxidation sites excluding steroid dienone is 8. The summed E-state index contributed by atoms with van der Waals surface area (Å²) >= 11 is 0. The Kier molecular flexibility index (Phi) is 4.67. The Bertz CT molecular complexity index is 391. The van der Waals surface area contributed by atoms with Crippen LogP contribution in [0.4, 0.5) is 0 Å². The number of hydrogen-bond acceptors (Lipinski definition) is 0. The van der Waals surface area contributed by atoms with Gasteiger partial charge in [0.05, 0.1) is 0 Å². The summed E-state index contributed by atoms with van der Waals surface area (Å²) in [5.41, 5.74) is 0. The van der Waals surface area contributed by atoms with Crippen LogP contribution in [0, 0.1) is 11.8 Å². The first-order chi connectivity index (χ1) is 9.04. The van der Waals surface area contributed by atoms with Crippen molar-refractivity contribution in [1.29, 1.82) is 0 Å². The molecule has 0 nitrogen and oxygen atoms in total. The van der Waals surface area contributed by atoms with Crippen molar-refractivity contribution in [1.82, 2.24) is 0 Å². The van der Waals surface area contributed by atoms with E-state index in [9.17, 15) is 0 Å². The van der Waals surface area contributed by atoms with E-state index in [4.69, 9.17) is 0 Å². The molecule has 0 fully saturated rings. The van der Waals surface area contributed by atoms with E-state index < -0.39 is 8.07 Å². The summed E-state index contributed by atoms with van der Waals surface area (Å²) in [6, 6.07) is 2.85. The molecule has 0 aromatic heterocycles. The molecule has 0 bridgehead atoms. The van der Waals surface area contributed by atoms with Crippen molar-refractivity contribution in [2.24, 2.45) is 11.8 Å². The first-order valence-corrected chi connectivity index (χ1v) is 10.2. The van der Waals surface area contributed by atoms with E-state index >= 15 is 0 Å². The maximum Gasteiger partial charge on any atom is 0.110 e. The molecular formula is C18H28Si. The van der Waals surface area contributed by atoms with Gasteiger partial charge in [-0.2, -0.15) is 0 Å². The Balaban J connectivity index is 2.37. The Morgan fingerprint density at radius 3 is 1.53 bits per heavy atom. The molecule has 0 unspecified atom stereocenters. The van der Waals surface area contributed by atoms with E-state index in [-0.39, 0.29) is 0 Å². The van der Waals surface area contributed by atoms with Crippen molar-refractivity contribution in [3.05, 3.63) is 46.8 Å². The average Bonchev–Trinajstić information content (AvgIpc) is 3.01. The SMILES string of the molecule is CC(C)C[Si](CC(C)C)(C1=CC=CC1)C1=CC=CC1. The van der Waals surface area contributed by atoms with E-state index in [0.717, 1.165) is 11.8 Å². The predicted octanol–water partition coefficient (Wildman–Crippen LogP) is 5.60. The highest BCUT2D eigenvalue weighted by molar-refractivity contribution is 6.93. The van der Waals surface area contributed by atoms with Gasteiger partial charge in [-0.1, -0.05) is 74.5 Å². The van der Waals surface area contributed by atoms with Gasteiger partial charge in [-0.05, 0) is 36.8 Å². The van der Waals surface area contributed by atoms with Gasteiger partial charge in [0, 0.05) is 0 Å². The van der Waals surface area contributed by atoms with Crippen LogP contribution in [-0.2, 0) is 0 Å². The van der Waals surface area contributed by atoms with Crippen LogP contribution in [0.3, 0.4) is 0 Å². The molecule has 0 aliphatic heterocycles. The van der Waals surface area contributed by atoms with E-state index in [2.05, 4.69) is 64.2 Å². The van der Waals surface area contributed by atoms with E-state index in [1.54, 1.807) is 10.4 Å². The summed E-state index contributed by atoms with van der Waals surface area (Å²) in [7, 11) is -1.46. The second-order valence-corrected chi connectivity index (χ2v) is 11.2. The molecule has 2 rings (SSSR count). The smallest absolute Gasteiger partial charge is 0.0809 e. The number of rotatable bonds is 6. The molecule has 104 valence electrons. The summed E-state index contributed by atoms with van der Waals surface area (Å²) in [6.07, 6.45) is 16.6. The molecule has 0 saturated heterocycles. The fourth-order valence-electron chi connectivity index (χ4n) is 3.81. The summed E-state index contributed by atoms with van der Waals surface area (Å²) < 4.78 is 0. The van der Waals surface area contributed by atoms with Crippen LogP contribution in [0.2, 0.25) is 12.1 Å². The maximum atomic E-state index is 2.44. The van der Waals surface area contributed by atoms with Gasteiger partial charge in [0.15, 0.2) is 0 Å². The quantitative estimate of drug-likeness (QED) is 0.552. The monoisotopic (exact) mass is 272 g/mol.